The lowest BCUT2D eigenvalue weighted by atomic mass is 10.1. The number of benzene rings is 2. The smallest absolute Gasteiger partial charge is 0.240 e. The molecule has 1 aliphatic heterocycles. The molecule has 2 N–H and O–H groups in total. The normalized spacial score (nSPS) is 17.9. The van der Waals surface area contributed by atoms with E-state index in [1.165, 1.54) is 11.8 Å². The summed E-state index contributed by atoms with van der Waals surface area (Å²) in [5, 5.41) is 6.22. The summed E-state index contributed by atoms with van der Waals surface area (Å²) in [5.41, 5.74) is 3.36. The molecule has 1 fully saturated rings. The molecule has 0 unspecified atom stereocenters. The number of halogens is 2. The van der Waals surface area contributed by atoms with Crippen molar-refractivity contribution in [1.82, 2.24) is 5.32 Å². The highest BCUT2D eigenvalue weighted by molar-refractivity contribution is 8.15. The predicted octanol–water partition coefficient (Wildman–Crippen LogP) is 4.86. The highest BCUT2D eigenvalue weighted by Gasteiger charge is 2.32. The molecule has 2 amide bonds. The predicted molar refractivity (Wildman–Crippen MR) is 112 cm³/mol. The van der Waals surface area contributed by atoms with Gasteiger partial charge in [0, 0.05) is 11.4 Å². The van der Waals surface area contributed by atoms with Crippen LogP contribution in [0.25, 0.3) is 0 Å². The SMILES string of the molecule is Cc1ccc(C)c(N=C2NC(=O)[C@@H](CC(=O)Nc3ccc(Cl)cc3Cl)S2)c1. The van der Waals surface area contributed by atoms with Gasteiger partial charge in [0.05, 0.1) is 16.4 Å². The Balaban J connectivity index is 1.66. The Kier molecular flexibility index (Phi) is 6.09. The van der Waals surface area contributed by atoms with Crippen LogP contribution < -0.4 is 10.6 Å². The topological polar surface area (TPSA) is 70.6 Å². The van der Waals surface area contributed by atoms with Crippen LogP contribution in [0.4, 0.5) is 11.4 Å². The fourth-order valence-electron chi connectivity index (χ4n) is 2.50. The Hall–Kier alpha value is -2.02. The largest absolute Gasteiger partial charge is 0.325 e. The summed E-state index contributed by atoms with van der Waals surface area (Å²) in [6, 6.07) is 10.8. The van der Waals surface area contributed by atoms with Gasteiger partial charge in [-0.05, 0) is 49.2 Å². The van der Waals surface area contributed by atoms with Crippen molar-refractivity contribution in [3.63, 3.8) is 0 Å². The van der Waals surface area contributed by atoms with Gasteiger partial charge in [-0.25, -0.2) is 4.99 Å². The summed E-state index contributed by atoms with van der Waals surface area (Å²) in [7, 11) is 0. The van der Waals surface area contributed by atoms with Crippen molar-refractivity contribution in [2.24, 2.45) is 4.99 Å². The van der Waals surface area contributed by atoms with E-state index in [0.717, 1.165) is 16.8 Å². The van der Waals surface area contributed by atoms with Gasteiger partial charge in [0.15, 0.2) is 5.17 Å². The summed E-state index contributed by atoms with van der Waals surface area (Å²) in [6.07, 6.45) is 0.0152. The third-order valence-electron chi connectivity index (χ3n) is 3.94. The van der Waals surface area contributed by atoms with Gasteiger partial charge in [-0.1, -0.05) is 47.1 Å². The Labute approximate surface area is 171 Å². The average Bonchev–Trinajstić information content (AvgIpc) is 2.93. The lowest BCUT2D eigenvalue weighted by Gasteiger charge is -2.09. The van der Waals surface area contributed by atoms with Crippen LogP contribution in [0.1, 0.15) is 17.5 Å². The number of aryl methyl sites for hydroxylation is 2. The van der Waals surface area contributed by atoms with Crippen LogP contribution in [0.3, 0.4) is 0 Å². The molecule has 1 saturated heterocycles. The lowest BCUT2D eigenvalue weighted by molar-refractivity contribution is -0.122. The zero-order valence-electron chi connectivity index (χ0n) is 14.7. The summed E-state index contributed by atoms with van der Waals surface area (Å²) < 4.78 is 0. The zero-order chi connectivity index (χ0) is 19.6. The molecule has 0 bridgehead atoms. The van der Waals surface area contributed by atoms with Gasteiger partial charge in [-0.2, -0.15) is 0 Å². The van der Waals surface area contributed by atoms with Gasteiger partial charge >= 0.3 is 0 Å². The lowest BCUT2D eigenvalue weighted by Crippen LogP contribution is -2.28. The van der Waals surface area contributed by atoms with Crippen molar-refractivity contribution < 1.29 is 9.59 Å². The molecule has 1 atom stereocenters. The van der Waals surface area contributed by atoms with Gasteiger partial charge in [0.25, 0.3) is 0 Å². The number of nitrogens with zero attached hydrogens (tertiary/aromatic N) is 1. The van der Waals surface area contributed by atoms with Gasteiger partial charge in [0.1, 0.15) is 5.25 Å². The number of hydrogen-bond donors (Lipinski definition) is 2. The van der Waals surface area contributed by atoms with Gasteiger partial charge in [-0.3, -0.25) is 9.59 Å². The van der Waals surface area contributed by atoms with E-state index in [2.05, 4.69) is 15.6 Å². The van der Waals surface area contributed by atoms with E-state index in [4.69, 9.17) is 23.2 Å². The first-order valence-corrected chi connectivity index (χ1v) is 9.84. The number of amides is 2. The van der Waals surface area contributed by atoms with Crippen LogP contribution >= 0.6 is 35.0 Å². The molecule has 5 nitrogen and oxygen atoms in total. The first-order chi connectivity index (χ1) is 12.8. The summed E-state index contributed by atoms with van der Waals surface area (Å²) >= 11 is 13.2. The Morgan fingerprint density at radius 2 is 2.00 bits per heavy atom. The van der Waals surface area contributed by atoms with Crippen LogP contribution in [0.15, 0.2) is 41.4 Å². The average molecular weight is 422 g/mol. The quantitative estimate of drug-likeness (QED) is 0.740. The van der Waals surface area contributed by atoms with E-state index in [-0.39, 0.29) is 18.2 Å². The van der Waals surface area contributed by atoms with E-state index in [1.54, 1.807) is 18.2 Å². The second kappa shape index (κ2) is 8.33. The highest BCUT2D eigenvalue weighted by atomic mass is 35.5. The minimum absolute atomic E-state index is 0.0152. The molecule has 140 valence electrons. The molecule has 1 heterocycles. The molecule has 27 heavy (non-hydrogen) atoms. The van der Waals surface area contributed by atoms with Crippen molar-refractivity contribution in [3.8, 4) is 0 Å². The van der Waals surface area contributed by atoms with Crippen molar-refractivity contribution in [1.29, 1.82) is 0 Å². The maximum absolute atomic E-state index is 12.3. The van der Waals surface area contributed by atoms with Crippen LogP contribution in [-0.4, -0.2) is 22.2 Å². The molecule has 2 aromatic carbocycles. The van der Waals surface area contributed by atoms with Crippen LogP contribution in [-0.2, 0) is 9.59 Å². The number of rotatable bonds is 4. The number of aliphatic imine (C=N–C) groups is 1. The monoisotopic (exact) mass is 421 g/mol. The molecule has 0 saturated carbocycles. The Morgan fingerprint density at radius 3 is 2.74 bits per heavy atom. The fraction of sp³-hybridized carbons (Fsp3) is 0.211. The molecule has 8 heteroatoms. The second-order valence-corrected chi connectivity index (χ2v) is 8.21. The van der Waals surface area contributed by atoms with E-state index < -0.39 is 5.25 Å². The van der Waals surface area contributed by atoms with Gasteiger partial charge < -0.3 is 10.6 Å². The molecule has 1 aliphatic rings. The fourth-order valence-corrected chi connectivity index (χ4v) is 3.94. The highest BCUT2D eigenvalue weighted by Crippen LogP contribution is 2.29. The number of carbonyl (C=O) groups is 2. The van der Waals surface area contributed by atoms with E-state index in [9.17, 15) is 9.59 Å². The molecule has 0 aromatic heterocycles. The van der Waals surface area contributed by atoms with Gasteiger partial charge in [0.2, 0.25) is 11.8 Å². The van der Waals surface area contributed by atoms with Crippen LogP contribution in [0.5, 0.6) is 0 Å². The van der Waals surface area contributed by atoms with Crippen molar-refractivity contribution in [2.45, 2.75) is 25.5 Å². The van der Waals surface area contributed by atoms with Crippen LogP contribution in [0, 0.1) is 13.8 Å². The molecule has 0 spiro atoms. The molecule has 0 radical (unpaired) electrons. The number of amidine groups is 1. The van der Waals surface area contributed by atoms with Crippen LogP contribution in [0.2, 0.25) is 10.0 Å². The molecular weight excluding hydrogens is 405 g/mol. The molecule has 2 aromatic rings. The summed E-state index contributed by atoms with van der Waals surface area (Å²) in [6.45, 7) is 3.94. The molecule has 3 rings (SSSR count). The number of nitrogens with one attached hydrogen (secondary N) is 2. The number of anilines is 1. The maximum atomic E-state index is 12.3. The minimum Gasteiger partial charge on any atom is -0.325 e. The number of carbonyl (C=O) groups excluding carboxylic acids is 2. The number of thioether (sulfide) groups is 1. The van der Waals surface area contributed by atoms with Crippen molar-refractivity contribution >= 4 is 63.3 Å². The first kappa shape index (κ1) is 19.7. The maximum Gasteiger partial charge on any atom is 0.240 e. The minimum atomic E-state index is -0.542. The van der Waals surface area contributed by atoms with E-state index >= 15 is 0 Å². The summed E-state index contributed by atoms with van der Waals surface area (Å²) in [4.78, 5) is 29.0. The first-order valence-electron chi connectivity index (χ1n) is 8.20. The Bertz CT molecular complexity index is 947. The second-order valence-electron chi connectivity index (χ2n) is 6.18. The van der Waals surface area contributed by atoms with Gasteiger partial charge in [-0.15, -0.1) is 0 Å². The van der Waals surface area contributed by atoms with E-state index in [0.29, 0.717) is 20.9 Å². The third kappa shape index (κ3) is 5.03. The standard InChI is InChI=1S/C19H17Cl2N3O2S/c1-10-3-4-11(2)15(7-10)23-19-24-18(26)16(27-19)9-17(25)22-14-6-5-12(20)8-13(14)21/h3-8,16H,9H2,1-2H3,(H,22,25)(H,23,24,26)/t16-/m1/s1. The molecular formula is C19H17Cl2N3O2S. The third-order valence-corrected chi connectivity index (χ3v) is 5.57. The van der Waals surface area contributed by atoms with Crippen molar-refractivity contribution in [2.75, 3.05) is 5.32 Å². The Morgan fingerprint density at radius 1 is 1.22 bits per heavy atom. The molecule has 0 aliphatic carbocycles. The summed E-state index contributed by atoms with van der Waals surface area (Å²) in [5.74, 6) is -0.540. The number of hydrogen-bond acceptors (Lipinski definition) is 4. The van der Waals surface area contributed by atoms with E-state index in [1.807, 2.05) is 32.0 Å². The zero-order valence-corrected chi connectivity index (χ0v) is 17.0. The van der Waals surface area contributed by atoms with Crippen molar-refractivity contribution in [3.05, 3.63) is 57.6 Å².